The monoisotopic (exact) mass is 229 g/mol. The van der Waals surface area contributed by atoms with Crippen molar-refractivity contribution in [2.45, 2.75) is 20.5 Å². The van der Waals surface area contributed by atoms with Crippen LogP contribution in [0.5, 0.6) is 0 Å². The van der Waals surface area contributed by atoms with E-state index in [0.29, 0.717) is 12.5 Å². The summed E-state index contributed by atoms with van der Waals surface area (Å²) in [6.45, 7) is 4.18. The molecule has 0 aliphatic heterocycles. The van der Waals surface area contributed by atoms with Crippen LogP contribution < -0.4 is 4.90 Å². The quantitative estimate of drug-likeness (QED) is 0.857. The molecule has 0 unspecified atom stereocenters. The molecule has 0 bridgehead atoms. The third-order valence-electron chi connectivity index (χ3n) is 2.28. The Morgan fingerprint density at radius 3 is 2.12 bits per heavy atom. The highest BCUT2D eigenvalue weighted by molar-refractivity contribution is 5.50. The van der Waals surface area contributed by atoms with Crippen LogP contribution in [0.4, 0.5) is 14.5 Å². The van der Waals surface area contributed by atoms with Crippen molar-refractivity contribution >= 4 is 5.69 Å². The zero-order chi connectivity index (χ0) is 12.3. The second-order valence-corrected chi connectivity index (χ2v) is 4.34. The molecule has 0 radical (unpaired) electrons. The predicted octanol–water partition coefficient (Wildman–Crippen LogP) is 2.55. The van der Waals surface area contributed by atoms with Crippen molar-refractivity contribution in [3.63, 3.8) is 0 Å². The lowest BCUT2D eigenvalue weighted by molar-refractivity contribution is 0.280. The molecule has 0 amide bonds. The molecule has 0 aliphatic rings. The largest absolute Gasteiger partial charge is 0.392 e. The summed E-state index contributed by atoms with van der Waals surface area (Å²) in [5, 5.41) is 8.81. The van der Waals surface area contributed by atoms with Crippen LogP contribution in [0.2, 0.25) is 0 Å². The SMILES string of the molecule is CC(C)CN(C)c1c(F)cc(CO)cc1F. The number of aliphatic hydroxyl groups is 1. The molecular weight excluding hydrogens is 212 g/mol. The highest BCUT2D eigenvalue weighted by Crippen LogP contribution is 2.24. The molecule has 90 valence electrons. The summed E-state index contributed by atoms with van der Waals surface area (Å²) in [6, 6.07) is 2.32. The van der Waals surface area contributed by atoms with E-state index in [-0.39, 0.29) is 17.9 Å². The van der Waals surface area contributed by atoms with E-state index in [1.54, 1.807) is 11.9 Å². The molecule has 0 aromatic heterocycles. The molecule has 1 rings (SSSR count). The first-order valence-corrected chi connectivity index (χ1v) is 5.25. The van der Waals surface area contributed by atoms with Gasteiger partial charge >= 0.3 is 0 Å². The Morgan fingerprint density at radius 1 is 1.25 bits per heavy atom. The fraction of sp³-hybridized carbons (Fsp3) is 0.500. The highest BCUT2D eigenvalue weighted by atomic mass is 19.1. The van der Waals surface area contributed by atoms with E-state index in [9.17, 15) is 8.78 Å². The van der Waals surface area contributed by atoms with Crippen LogP contribution in [0, 0.1) is 17.6 Å². The van der Waals surface area contributed by atoms with Gasteiger partial charge in [-0.1, -0.05) is 13.8 Å². The van der Waals surface area contributed by atoms with Gasteiger partial charge in [0.25, 0.3) is 0 Å². The summed E-state index contributed by atoms with van der Waals surface area (Å²) in [4.78, 5) is 1.55. The first kappa shape index (κ1) is 12.9. The van der Waals surface area contributed by atoms with Crippen LogP contribution in [0.1, 0.15) is 19.4 Å². The smallest absolute Gasteiger partial charge is 0.149 e. The Labute approximate surface area is 94.5 Å². The van der Waals surface area contributed by atoms with Crippen molar-refractivity contribution < 1.29 is 13.9 Å². The van der Waals surface area contributed by atoms with Gasteiger partial charge < -0.3 is 10.0 Å². The lowest BCUT2D eigenvalue weighted by Crippen LogP contribution is -2.24. The number of rotatable bonds is 4. The van der Waals surface area contributed by atoms with Gasteiger partial charge in [0.15, 0.2) is 0 Å². The van der Waals surface area contributed by atoms with Gasteiger partial charge in [-0.25, -0.2) is 8.78 Å². The minimum absolute atomic E-state index is 0.0362. The minimum Gasteiger partial charge on any atom is -0.392 e. The van der Waals surface area contributed by atoms with Crippen LogP contribution in [0.25, 0.3) is 0 Å². The average Bonchev–Trinajstić information content (AvgIpc) is 2.15. The van der Waals surface area contributed by atoms with Gasteiger partial charge in [-0.15, -0.1) is 0 Å². The van der Waals surface area contributed by atoms with E-state index < -0.39 is 11.6 Å². The van der Waals surface area contributed by atoms with Crippen molar-refractivity contribution in [3.8, 4) is 0 Å². The maximum atomic E-state index is 13.6. The Hall–Kier alpha value is -1.16. The van der Waals surface area contributed by atoms with E-state index in [2.05, 4.69) is 0 Å². The fourth-order valence-electron chi connectivity index (χ4n) is 1.71. The third kappa shape index (κ3) is 2.92. The summed E-state index contributed by atoms with van der Waals surface area (Å²) in [5.41, 5.74) is 0.211. The first-order valence-electron chi connectivity index (χ1n) is 5.25. The first-order chi connectivity index (χ1) is 7.45. The number of hydrogen-bond acceptors (Lipinski definition) is 2. The van der Waals surface area contributed by atoms with Gasteiger partial charge in [0.1, 0.15) is 17.3 Å². The number of aliphatic hydroxyl groups excluding tert-OH is 1. The number of nitrogens with zero attached hydrogens (tertiary/aromatic N) is 1. The zero-order valence-corrected chi connectivity index (χ0v) is 9.80. The van der Waals surface area contributed by atoms with Gasteiger partial charge in [-0.05, 0) is 23.6 Å². The lowest BCUT2D eigenvalue weighted by atomic mass is 10.1. The summed E-state index contributed by atoms with van der Waals surface area (Å²) >= 11 is 0. The van der Waals surface area contributed by atoms with E-state index in [0.717, 1.165) is 12.1 Å². The summed E-state index contributed by atoms with van der Waals surface area (Å²) in [6.07, 6.45) is 0. The summed E-state index contributed by atoms with van der Waals surface area (Å²) in [5.74, 6) is -0.944. The van der Waals surface area contributed by atoms with Crippen LogP contribution in [-0.2, 0) is 6.61 Å². The molecule has 1 aromatic rings. The highest BCUT2D eigenvalue weighted by Gasteiger charge is 2.15. The van der Waals surface area contributed by atoms with Crippen LogP contribution in [-0.4, -0.2) is 18.7 Å². The van der Waals surface area contributed by atoms with Gasteiger partial charge in [0, 0.05) is 13.6 Å². The second-order valence-electron chi connectivity index (χ2n) is 4.34. The van der Waals surface area contributed by atoms with E-state index in [4.69, 9.17) is 5.11 Å². The zero-order valence-electron chi connectivity index (χ0n) is 9.80. The molecule has 0 aliphatic carbocycles. The molecule has 0 spiro atoms. The number of benzene rings is 1. The molecule has 16 heavy (non-hydrogen) atoms. The molecule has 0 saturated carbocycles. The molecule has 0 fully saturated rings. The number of anilines is 1. The molecule has 1 aromatic carbocycles. The maximum Gasteiger partial charge on any atom is 0.149 e. The second kappa shape index (κ2) is 5.25. The summed E-state index contributed by atoms with van der Waals surface area (Å²) < 4.78 is 27.2. The Kier molecular flexibility index (Phi) is 4.24. The van der Waals surface area contributed by atoms with Gasteiger partial charge in [-0.2, -0.15) is 0 Å². The number of hydrogen-bond donors (Lipinski definition) is 1. The summed E-state index contributed by atoms with van der Waals surface area (Å²) in [7, 11) is 1.65. The maximum absolute atomic E-state index is 13.6. The molecular formula is C12H17F2NO. The van der Waals surface area contributed by atoms with E-state index >= 15 is 0 Å². The van der Waals surface area contributed by atoms with Crippen LogP contribution >= 0.6 is 0 Å². The van der Waals surface area contributed by atoms with E-state index in [1.165, 1.54) is 0 Å². The van der Waals surface area contributed by atoms with Crippen LogP contribution in [0.3, 0.4) is 0 Å². The van der Waals surface area contributed by atoms with Gasteiger partial charge in [0.2, 0.25) is 0 Å². The Bertz CT molecular complexity index is 343. The Balaban J connectivity index is 3.04. The fourth-order valence-corrected chi connectivity index (χ4v) is 1.71. The molecule has 0 atom stereocenters. The molecule has 4 heteroatoms. The predicted molar refractivity (Wildman–Crippen MR) is 60.4 cm³/mol. The van der Waals surface area contributed by atoms with Crippen molar-refractivity contribution in [1.29, 1.82) is 0 Å². The van der Waals surface area contributed by atoms with Crippen LogP contribution in [0.15, 0.2) is 12.1 Å². The standard InChI is InChI=1S/C12H17F2NO/c1-8(2)6-15(3)12-10(13)4-9(7-16)5-11(12)14/h4-5,8,16H,6-7H2,1-3H3. The molecule has 0 saturated heterocycles. The van der Waals surface area contributed by atoms with Crippen molar-refractivity contribution in [2.24, 2.45) is 5.92 Å². The third-order valence-corrected chi connectivity index (χ3v) is 2.28. The molecule has 1 N–H and O–H groups in total. The van der Waals surface area contributed by atoms with Crippen molar-refractivity contribution in [1.82, 2.24) is 0 Å². The minimum atomic E-state index is -0.632. The molecule has 0 heterocycles. The lowest BCUT2D eigenvalue weighted by Gasteiger charge is -2.22. The van der Waals surface area contributed by atoms with Gasteiger partial charge in [0.05, 0.1) is 6.61 Å². The van der Waals surface area contributed by atoms with Gasteiger partial charge in [-0.3, -0.25) is 0 Å². The molecule has 2 nitrogen and oxygen atoms in total. The number of halogens is 2. The Morgan fingerprint density at radius 2 is 1.75 bits per heavy atom. The average molecular weight is 229 g/mol. The topological polar surface area (TPSA) is 23.5 Å². The van der Waals surface area contributed by atoms with E-state index in [1.807, 2.05) is 13.8 Å². The van der Waals surface area contributed by atoms with Crippen molar-refractivity contribution in [3.05, 3.63) is 29.3 Å². The normalized spacial score (nSPS) is 10.9. The van der Waals surface area contributed by atoms with Crippen molar-refractivity contribution in [2.75, 3.05) is 18.5 Å².